The lowest BCUT2D eigenvalue weighted by Crippen LogP contribution is -2.19. The van der Waals surface area contributed by atoms with Gasteiger partial charge in [-0.1, -0.05) is 30.3 Å². The molecule has 1 fully saturated rings. The van der Waals surface area contributed by atoms with Gasteiger partial charge in [0.25, 0.3) is 0 Å². The summed E-state index contributed by atoms with van der Waals surface area (Å²) in [5, 5.41) is 4.64. The third-order valence-corrected chi connectivity index (χ3v) is 5.97. The number of rotatable bonds is 13. The Morgan fingerprint density at radius 2 is 1.67 bits per heavy atom. The number of halogens is 1. The molecule has 0 bridgehead atoms. The summed E-state index contributed by atoms with van der Waals surface area (Å²) >= 11 is 2.21. The number of nitrogens with zero attached hydrogens (tertiary/aromatic N) is 3. The molecule has 8 nitrogen and oxygen atoms in total. The molecule has 0 N–H and O–H groups in total. The Labute approximate surface area is 207 Å². The van der Waals surface area contributed by atoms with Gasteiger partial charge in [-0.05, 0) is 53.5 Å². The molecule has 1 unspecified atom stereocenters. The first-order valence-electron chi connectivity index (χ1n) is 11.4. The van der Waals surface area contributed by atoms with Crippen molar-refractivity contribution in [3.8, 4) is 5.88 Å². The highest BCUT2D eigenvalue weighted by molar-refractivity contribution is 14.1. The molecular formula is C24H30IN3O5. The van der Waals surface area contributed by atoms with E-state index in [0.29, 0.717) is 52.1 Å². The van der Waals surface area contributed by atoms with Gasteiger partial charge < -0.3 is 23.7 Å². The topological polar surface area (TPSA) is 76.9 Å². The maximum atomic E-state index is 5.88. The zero-order valence-corrected chi connectivity index (χ0v) is 20.8. The SMILES string of the molecule is Ic1nn(C2CCCCO2)c2ccc(OCCOCCOCCOCc3ccccc3)nc12. The zero-order valence-electron chi connectivity index (χ0n) is 18.7. The van der Waals surface area contributed by atoms with Crippen LogP contribution >= 0.6 is 22.6 Å². The molecule has 0 aliphatic carbocycles. The van der Waals surface area contributed by atoms with E-state index in [1.807, 2.05) is 47.1 Å². The fourth-order valence-corrected chi connectivity index (χ4v) is 4.22. The first-order chi connectivity index (χ1) is 16.3. The maximum absolute atomic E-state index is 5.88. The lowest BCUT2D eigenvalue weighted by molar-refractivity contribution is -0.0368. The molecule has 4 rings (SSSR count). The average molecular weight is 567 g/mol. The van der Waals surface area contributed by atoms with Gasteiger partial charge in [-0.25, -0.2) is 9.67 Å². The minimum absolute atomic E-state index is 0.00984. The van der Waals surface area contributed by atoms with Gasteiger partial charge in [0.15, 0.2) is 6.23 Å². The number of hydrogen-bond donors (Lipinski definition) is 0. The normalized spacial score (nSPS) is 16.3. The summed E-state index contributed by atoms with van der Waals surface area (Å²) in [6.45, 7) is 4.44. The van der Waals surface area contributed by atoms with Gasteiger partial charge in [-0.15, -0.1) is 0 Å². The van der Waals surface area contributed by atoms with Gasteiger partial charge in [0, 0.05) is 12.7 Å². The third-order valence-electron chi connectivity index (χ3n) is 5.25. The summed E-state index contributed by atoms with van der Waals surface area (Å²) in [4.78, 5) is 4.63. The second-order valence-corrected chi connectivity index (χ2v) is 8.71. The van der Waals surface area contributed by atoms with Gasteiger partial charge in [0.1, 0.15) is 15.8 Å². The molecule has 2 aromatic heterocycles. The fourth-order valence-electron chi connectivity index (χ4n) is 3.59. The van der Waals surface area contributed by atoms with E-state index in [0.717, 1.165) is 46.2 Å². The average Bonchev–Trinajstić information content (AvgIpc) is 3.19. The van der Waals surface area contributed by atoms with Crippen molar-refractivity contribution in [3.63, 3.8) is 0 Å². The van der Waals surface area contributed by atoms with E-state index < -0.39 is 0 Å². The van der Waals surface area contributed by atoms with E-state index >= 15 is 0 Å². The molecule has 3 aromatic rings. The van der Waals surface area contributed by atoms with Crippen molar-refractivity contribution in [1.82, 2.24) is 14.8 Å². The highest BCUT2D eigenvalue weighted by Crippen LogP contribution is 2.29. The Hall–Kier alpha value is -1.79. The van der Waals surface area contributed by atoms with Crippen LogP contribution in [-0.4, -0.2) is 61.0 Å². The summed E-state index contributed by atoms with van der Waals surface area (Å²) in [5.74, 6) is 0.569. The zero-order chi connectivity index (χ0) is 22.7. The van der Waals surface area contributed by atoms with Crippen LogP contribution in [0.5, 0.6) is 5.88 Å². The smallest absolute Gasteiger partial charge is 0.214 e. The fraction of sp³-hybridized carbons (Fsp3) is 0.500. The molecule has 3 heterocycles. The van der Waals surface area contributed by atoms with E-state index in [1.165, 1.54) is 0 Å². The van der Waals surface area contributed by atoms with Crippen molar-refractivity contribution < 1.29 is 23.7 Å². The second-order valence-electron chi connectivity index (χ2n) is 7.69. The first-order valence-corrected chi connectivity index (χ1v) is 12.5. The van der Waals surface area contributed by atoms with Crippen LogP contribution in [0.3, 0.4) is 0 Å². The van der Waals surface area contributed by atoms with Crippen LogP contribution < -0.4 is 4.74 Å². The number of benzene rings is 1. The lowest BCUT2D eigenvalue weighted by atomic mass is 10.2. The van der Waals surface area contributed by atoms with Crippen LogP contribution in [0.25, 0.3) is 11.0 Å². The summed E-state index contributed by atoms with van der Waals surface area (Å²) in [5.41, 5.74) is 2.97. The van der Waals surface area contributed by atoms with Crippen LogP contribution in [0, 0.1) is 3.70 Å². The maximum Gasteiger partial charge on any atom is 0.214 e. The summed E-state index contributed by atoms with van der Waals surface area (Å²) in [6.07, 6.45) is 3.24. The molecule has 9 heteroatoms. The molecule has 1 aliphatic rings. The van der Waals surface area contributed by atoms with Crippen molar-refractivity contribution in [3.05, 3.63) is 51.7 Å². The van der Waals surface area contributed by atoms with Gasteiger partial charge in [-0.2, -0.15) is 5.10 Å². The highest BCUT2D eigenvalue weighted by Gasteiger charge is 2.21. The molecule has 0 radical (unpaired) electrons. The number of hydrogen-bond acceptors (Lipinski definition) is 7. The summed E-state index contributed by atoms with van der Waals surface area (Å²) < 4.78 is 31.1. The van der Waals surface area contributed by atoms with Crippen LogP contribution in [0.15, 0.2) is 42.5 Å². The minimum Gasteiger partial charge on any atom is -0.475 e. The molecule has 1 aromatic carbocycles. The van der Waals surface area contributed by atoms with Gasteiger partial charge in [0.2, 0.25) is 5.88 Å². The molecule has 0 saturated carbocycles. The number of ether oxygens (including phenoxy) is 5. The van der Waals surface area contributed by atoms with Crippen molar-refractivity contribution in [2.45, 2.75) is 32.1 Å². The van der Waals surface area contributed by atoms with E-state index in [4.69, 9.17) is 23.7 Å². The molecule has 1 saturated heterocycles. The minimum atomic E-state index is -0.00984. The first kappa shape index (κ1) is 24.3. The Morgan fingerprint density at radius 1 is 0.909 bits per heavy atom. The molecule has 1 atom stereocenters. The Morgan fingerprint density at radius 3 is 2.42 bits per heavy atom. The Balaban J connectivity index is 1.09. The van der Waals surface area contributed by atoms with Crippen LogP contribution in [0.1, 0.15) is 31.1 Å². The largest absolute Gasteiger partial charge is 0.475 e. The van der Waals surface area contributed by atoms with E-state index in [9.17, 15) is 0 Å². The molecule has 0 amide bonds. The third kappa shape index (κ3) is 7.35. The van der Waals surface area contributed by atoms with Crippen molar-refractivity contribution >= 4 is 33.6 Å². The monoisotopic (exact) mass is 567 g/mol. The Kier molecular flexibility index (Phi) is 9.73. The Bertz CT molecular complexity index is 979. The predicted octanol–water partition coefficient (Wildman–Crippen LogP) is 4.36. The molecule has 178 valence electrons. The van der Waals surface area contributed by atoms with Gasteiger partial charge in [0.05, 0.1) is 45.2 Å². The number of aromatic nitrogens is 3. The molecule has 0 spiro atoms. The van der Waals surface area contributed by atoms with Crippen LogP contribution in [-0.2, 0) is 25.6 Å². The van der Waals surface area contributed by atoms with E-state index in [-0.39, 0.29) is 6.23 Å². The van der Waals surface area contributed by atoms with Crippen molar-refractivity contribution in [2.75, 3.05) is 46.2 Å². The highest BCUT2D eigenvalue weighted by atomic mass is 127. The molecular weight excluding hydrogens is 537 g/mol. The van der Waals surface area contributed by atoms with Crippen LogP contribution in [0.4, 0.5) is 0 Å². The molecule has 1 aliphatic heterocycles. The summed E-state index contributed by atoms with van der Waals surface area (Å²) in [7, 11) is 0. The molecule has 33 heavy (non-hydrogen) atoms. The van der Waals surface area contributed by atoms with Gasteiger partial charge in [-0.3, -0.25) is 0 Å². The predicted molar refractivity (Wildman–Crippen MR) is 132 cm³/mol. The number of pyridine rings is 1. The summed E-state index contributed by atoms with van der Waals surface area (Å²) in [6, 6.07) is 14.0. The quantitative estimate of drug-likeness (QED) is 0.224. The van der Waals surface area contributed by atoms with Gasteiger partial charge >= 0.3 is 0 Å². The standard InChI is InChI=1S/C24H30IN3O5/c25-24-23-20(28(27-24)22-8-4-5-11-33-22)9-10-21(26-23)32-17-16-30-13-12-29-14-15-31-18-19-6-2-1-3-7-19/h1-3,6-7,9-10,22H,4-5,8,11-18H2. The van der Waals surface area contributed by atoms with E-state index in [2.05, 4.69) is 32.7 Å². The second kappa shape index (κ2) is 13.2. The van der Waals surface area contributed by atoms with E-state index in [1.54, 1.807) is 0 Å². The van der Waals surface area contributed by atoms with Crippen molar-refractivity contribution in [1.29, 1.82) is 0 Å². The van der Waals surface area contributed by atoms with Crippen LogP contribution in [0.2, 0.25) is 0 Å². The lowest BCUT2D eigenvalue weighted by Gasteiger charge is -2.23. The van der Waals surface area contributed by atoms with Crippen molar-refractivity contribution in [2.24, 2.45) is 0 Å². The number of fused-ring (bicyclic) bond motifs is 1.